The van der Waals surface area contributed by atoms with E-state index in [1.165, 1.54) is 11.1 Å². The van der Waals surface area contributed by atoms with Crippen LogP contribution in [-0.4, -0.2) is 32.9 Å². The predicted octanol–water partition coefficient (Wildman–Crippen LogP) is 4.56. The van der Waals surface area contributed by atoms with Gasteiger partial charge in [-0.15, -0.1) is 0 Å². The molecule has 30 heavy (non-hydrogen) atoms. The van der Waals surface area contributed by atoms with Gasteiger partial charge in [-0.05, 0) is 58.9 Å². The topological polar surface area (TPSA) is 105 Å². The van der Waals surface area contributed by atoms with Gasteiger partial charge in [-0.3, -0.25) is 9.78 Å². The highest BCUT2D eigenvalue weighted by Crippen LogP contribution is 2.46. The number of aromatic nitrogens is 1. The van der Waals surface area contributed by atoms with Crippen LogP contribution in [-0.2, 0) is 17.3 Å². The average Bonchev–Trinajstić information content (AvgIpc) is 2.66. The minimum Gasteiger partial charge on any atom is -0.478 e. The van der Waals surface area contributed by atoms with Gasteiger partial charge >= 0.3 is 11.9 Å². The molecule has 0 radical (unpaired) electrons. The molecule has 0 unspecified atom stereocenters. The first kappa shape index (κ1) is 21.7. The number of ketones is 1. The van der Waals surface area contributed by atoms with E-state index < -0.39 is 23.1 Å². The molecule has 1 aromatic heterocycles. The molecule has 6 heteroatoms. The zero-order chi connectivity index (χ0) is 22.4. The van der Waals surface area contributed by atoms with Gasteiger partial charge in [0.25, 0.3) is 0 Å². The van der Waals surface area contributed by atoms with Gasteiger partial charge in [-0.1, -0.05) is 39.8 Å². The van der Waals surface area contributed by atoms with Crippen LogP contribution in [0.25, 0.3) is 0 Å². The van der Waals surface area contributed by atoms with E-state index >= 15 is 0 Å². The predicted molar refractivity (Wildman–Crippen MR) is 113 cm³/mol. The summed E-state index contributed by atoms with van der Waals surface area (Å²) in [6, 6.07) is 5.32. The molecule has 6 nitrogen and oxygen atoms in total. The van der Waals surface area contributed by atoms with Crippen molar-refractivity contribution in [2.45, 2.75) is 64.7 Å². The molecule has 0 spiro atoms. The Morgan fingerprint density at radius 3 is 1.97 bits per heavy atom. The van der Waals surface area contributed by atoms with Crippen LogP contribution in [0.3, 0.4) is 0 Å². The Morgan fingerprint density at radius 1 is 0.900 bits per heavy atom. The van der Waals surface area contributed by atoms with Crippen molar-refractivity contribution in [2.24, 2.45) is 0 Å². The first-order chi connectivity index (χ1) is 13.8. The summed E-state index contributed by atoms with van der Waals surface area (Å²) in [5, 5.41) is 18.4. The molecule has 1 aromatic carbocycles. The van der Waals surface area contributed by atoms with E-state index in [4.69, 9.17) is 5.11 Å². The third-order valence-corrected chi connectivity index (χ3v) is 6.31. The highest BCUT2D eigenvalue weighted by molar-refractivity contribution is 6.04. The minimum atomic E-state index is -1.40. The summed E-state index contributed by atoms with van der Waals surface area (Å²) in [6.07, 6.45) is 3.17. The number of fused-ring (bicyclic) bond motifs is 1. The Bertz CT molecular complexity index is 1070. The van der Waals surface area contributed by atoms with Gasteiger partial charge in [0.15, 0.2) is 5.78 Å². The summed E-state index contributed by atoms with van der Waals surface area (Å²) in [5.41, 5.74) is 3.60. The van der Waals surface area contributed by atoms with E-state index in [-0.39, 0.29) is 28.7 Å². The molecule has 0 atom stereocenters. The van der Waals surface area contributed by atoms with Gasteiger partial charge in [-0.2, -0.15) is 0 Å². The number of carbonyl (C=O) groups excluding carboxylic acids is 1. The normalized spacial score (nSPS) is 16.6. The summed E-state index contributed by atoms with van der Waals surface area (Å²) in [7, 11) is 0. The summed E-state index contributed by atoms with van der Waals surface area (Å²) < 4.78 is 0. The maximum atomic E-state index is 12.9. The number of benzene rings is 1. The maximum absolute atomic E-state index is 12.9. The second-order valence-electron chi connectivity index (χ2n) is 9.42. The lowest BCUT2D eigenvalue weighted by Crippen LogP contribution is -2.34. The molecule has 0 saturated heterocycles. The molecule has 2 N–H and O–H groups in total. The van der Waals surface area contributed by atoms with Crippen molar-refractivity contribution in [2.75, 3.05) is 0 Å². The van der Waals surface area contributed by atoms with Crippen LogP contribution in [0.1, 0.15) is 94.0 Å². The quantitative estimate of drug-likeness (QED) is 0.702. The van der Waals surface area contributed by atoms with Crippen molar-refractivity contribution in [1.29, 1.82) is 0 Å². The molecule has 0 fully saturated rings. The zero-order valence-electron chi connectivity index (χ0n) is 18.0. The third kappa shape index (κ3) is 3.86. The van der Waals surface area contributed by atoms with Gasteiger partial charge in [0.1, 0.15) is 5.69 Å². The van der Waals surface area contributed by atoms with Crippen LogP contribution in [0.5, 0.6) is 0 Å². The number of nitrogens with zero attached hydrogens (tertiary/aromatic N) is 1. The van der Waals surface area contributed by atoms with Crippen molar-refractivity contribution in [3.63, 3.8) is 0 Å². The summed E-state index contributed by atoms with van der Waals surface area (Å²) in [5.74, 6) is -3.14. The van der Waals surface area contributed by atoms with Crippen LogP contribution in [0.15, 0.2) is 24.4 Å². The van der Waals surface area contributed by atoms with Crippen LogP contribution in [0.2, 0.25) is 0 Å². The van der Waals surface area contributed by atoms with Crippen molar-refractivity contribution in [1.82, 2.24) is 4.98 Å². The molecule has 158 valence electrons. The second kappa shape index (κ2) is 7.35. The van der Waals surface area contributed by atoms with E-state index in [2.05, 4.69) is 44.8 Å². The van der Waals surface area contributed by atoms with E-state index in [1.54, 1.807) is 0 Å². The number of aromatic carboxylic acids is 2. The Morgan fingerprint density at radius 2 is 1.43 bits per heavy atom. The standard InChI is InChI=1S/C24H27NO5/c1-13-8-17-18(24(4,5)7-6-23(17,2)3)9-14(13)10-20(26)19-11-15(21(27)28)16(12-25-19)22(29)30/h8-9,11-12H,6-7,10H2,1-5H3,(H,27,28)(H,29,30). The lowest BCUT2D eigenvalue weighted by molar-refractivity contribution is 0.0650. The maximum Gasteiger partial charge on any atom is 0.338 e. The fourth-order valence-corrected chi connectivity index (χ4v) is 4.18. The van der Waals surface area contributed by atoms with E-state index in [1.807, 2.05) is 6.92 Å². The van der Waals surface area contributed by atoms with Crippen molar-refractivity contribution in [3.8, 4) is 0 Å². The zero-order valence-corrected chi connectivity index (χ0v) is 18.0. The number of aryl methyl sites for hydroxylation is 1. The summed E-state index contributed by atoms with van der Waals surface area (Å²) in [4.78, 5) is 39.4. The number of carbonyl (C=O) groups is 3. The van der Waals surface area contributed by atoms with Gasteiger partial charge < -0.3 is 10.2 Å². The highest BCUT2D eigenvalue weighted by atomic mass is 16.4. The number of hydrogen-bond donors (Lipinski definition) is 2. The SMILES string of the molecule is Cc1cc2c(cc1CC(=O)c1cc(C(=O)O)c(C(=O)O)cn1)C(C)(C)CCC2(C)C. The largest absolute Gasteiger partial charge is 0.478 e. The fourth-order valence-electron chi connectivity index (χ4n) is 4.18. The number of carboxylic acid groups (broad SMARTS) is 2. The van der Waals surface area contributed by atoms with Crippen LogP contribution in [0, 0.1) is 6.92 Å². The Balaban J connectivity index is 2.00. The molecule has 0 amide bonds. The molecular formula is C24H27NO5. The summed E-state index contributed by atoms with van der Waals surface area (Å²) in [6.45, 7) is 10.9. The molecule has 0 aliphatic heterocycles. The van der Waals surface area contributed by atoms with Crippen molar-refractivity contribution in [3.05, 3.63) is 63.5 Å². The van der Waals surface area contributed by atoms with Gasteiger partial charge in [0.2, 0.25) is 0 Å². The average molecular weight is 409 g/mol. The molecule has 2 aromatic rings. The molecule has 0 saturated carbocycles. The smallest absolute Gasteiger partial charge is 0.338 e. The van der Waals surface area contributed by atoms with E-state index in [0.717, 1.165) is 36.2 Å². The molecule has 0 bridgehead atoms. The molecule has 1 aliphatic rings. The Kier molecular flexibility index (Phi) is 5.31. The third-order valence-electron chi connectivity index (χ3n) is 6.31. The number of hydrogen-bond acceptors (Lipinski definition) is 4. The molecular weight excluding hydrogens is 382 g/mol. The number of carboxylic acids is 2. The number of pyridine rings is 1. The Labute approximate surface area is 176 Å². The number of Topliss-reactive ketones (excluding diaryl/α,β-unsaturated/α-hetero) is 1. The van der Waals surface area contributed by atoms with Crippen LogP contribution in [0.4, 0.5) is 0 Å². The van der Waals surface area contributed by atoms with Crippen molar-refractivity contribution >= 4 is 17.7 Å². The van der Waals surface area contributed by atoms with Gasteiger partial charge in [0, 0.05) is 12.6 Å². The van der Waals surface area contributed by atoms with Crippen LogP contribution >= 0.6 is 0 Å². The minimum absolute atomic E-state index is 0.00815. The van der Waals surface area contributed by atoms with Crippen LogP contribution < -0.4 is 0 Å². The second-order valence-corrected chi connectivity index (χ2v) is 9.42. The first-order valence-corrected chi connectivity index (χ1v) is 9.98. The van der Waals surface area contributed by atoms with Crippen molar-refractivity contribution < 1.29 is 24.6 Å². The highest BCUT2D eigenvalue weighted by Gasteiger charge is 2.37. The lowest BCUT2D eigenvalue weighted by Gasteiger charge is -2.42. The Hall–Kier alpha value is -3.02. The van der Waals surface area contributed by atoms with E-state index in [0.29, 0.717) is 0 Å². The monoisotopic (exact) mass is 409 g/mol. The molecule has 1 heterocycles. The molecule has 1 aliphatic carbocycles. The summed E-state index contributed by atoms with van der Waals surface area (Å²) >= 11 is 0. The lowest BCUT2D eigenvalue weighted by atomic mass is 9.62. The number of rotatable bonds is 5. The first-order valence-electron chi connectivity index (χ1n) is 9.98. The van der Waals surface area contributed by atoms with Gasteiger partial charge in [0.05, 0.1) is 11.1 Å². The molecule has 3 rings (SSSR count). The van der Waals surface area contributed by atoms with E-state index in [9.17, 15) is 19.5 Å². The fraction of sp³-hybridized carbons (Fsp3) is 0.417. The van der Waals surface area contributed by atoms with Gasteiger partial charge in [-0.25, -0.2) is 9.59 Å².